The Morgan fingerprint density at radius 2 is 1.62 bits per heavy atom. The van der Waals surface area contributed by atoms with Gasteiger partial charge in [0.1, 0.15) is 5.75 Å². The summed E-state index contributed by atoms with van der Waals surface area (Å²) in [7, 11) is 0. The van der Waals surface area contributed by atoms with E-state index < -0.39 is 11.9 Å². The largest absolute Gasteiger partial charge is 0.426 e. The molecule has 2 aliphatic carbocycles. The molecule has 192 valence electrons. The normalized spacial score (nSPS) is 32.4. The van der Waals surface area contributed by atoms with Crippen LogP contribution in [0.15, 0.2) is 42.5 Å². The number of carbonyl (C=O) groups is 4. The first-order valence-electron chi connectivity index (χ1n) is 12.2. The number of carbonyl (C=O) groups excluding carboxylic acids is 4. The molecule has 2 saturated carbocycles. The van der Waals surface area contributed by atoms with Gasteiger partial charge >= 0.3 is 5.97 Å². The first-order valence-corrected chi connectivity index (χ1v) is 14.4. The molecule has 2 heterocycles. The Morgan fingerprint density at radius 3 is 2.24 bits per heavy atom. The van der Waals surface area contributed by atoms with Crippen molar-refractivity contribution in [1.29, 1.82) is 0 Å². The highest BCUT2D eigenvalue weighted by atomic mass is 79.9. The molecule has 6 rings (SSSR count). The van der Waals surface area contributed by atoms with Crippen molar-refractivity contribution in [3.8, 4) is 5.75 Å². The third kappa shape index (κ3) is 3.88. The van der Waals surface area contributed by atoms with E-state index in [1.807, 2.05) is 0 Å². The van der Waals surface area contributed by atoms with Crippen molar-refractivity contribution in [3.05, 3.63) is 53.1 Å². The number of ether oxygens (including phenoxy) is 1. The summed E-state index contributed by atoms with van der Waals surface area (Å²) in [5.41, 5.74) is 1.74. The standard InChI is InChI=1S/C27H23Br2ClN2O5/c1-12-8-14(37-27(36)13-9-20(33)31(11-13)19-5-3-2-4-17(19)30)6-7-18(12)32-25(34)21-15-10-16(22(21)26(32)35)24(29)23(15)28/h2-8,13,15-16,21-24H,9-11H2,1H3/t13-,15-,16-,21-,22+,23-,24+/m1/s1. The number of fused-ring (bicyclic) bond motifs is 5. The molecule has 7 atom stereocenters. The van der Waals surface area contributed by atoms with Crippen LogP contribution in [0, 0.1) is 36.5 Å². The van der Waals surface area contributed by atoms with Crippen LogP contribution in [0.2, 0.25) is 5.02 Å². The van der Waals surface area contributed by atoms with Gasteiger partial charge in [0.2, 0.25) is 17.7 Å². The number of alkyl halides is 2. The topological polar surface area (TPSA) is 84.0 Å². The number of imide groups is 1. The molecule has 0 N–H and O–H groups in total. The summed E-state index contributed by atoms with van der Waals surface area (Å²) in [5, 5.41) is 0.442. The Kier molecular flexibility index (Phi) is 6.24. The minimum Gasteiger partial charge on any atom is -0.426 e. The van der Waals surface area contributed by atoms with Crippen molar-refractivity contribution >= 4 is 78.5 Å². The molecule has 3 amide bonds. The third-order valence-electron chi connectivity index (χ3n) is 8.22. The zero-order valence-electron chi connectivity index (χ0n) is 19.8. The number of halogens is 3. The second kappa shape index (κ2) is 9.20. The average molecular weight is 651 g/mol. The molecule has 0 radical (unpaired) electrons. The van der Waals surface area contributed by atoms with E-state index in [9.17, 15) is 19.2 Å². The molecule has 2 saturated heterocycles. The third-order valence-corrected chi connectivity index (χ3v) is 11.7. The summed E-state index contributed by atoms with van der Waals surface area (Å²) in [4.78, 5) is 55.4. The Hall–Kier alpha value is -2.23. The van der Waals surface area contributed by atoms with Crippen LogP contribution in [-0.4, -0.2) is 39.9 Å². The maximum Gasteiger partial charge on any atom is 0.316 e. The van der Waals surface area contributed by atoms with E-state index in [2.05, 4.69) is 31.9 Å². The number of anilines is 2. The van der Waals surface area contributed by atoms with Gasteiger partial charge in [-0.25, -0.2) is 4.90 Å². The lowest BCUT2D eigenvalue weighted by Crippen LogP contribution is -2.37. The Balaban J connectivity index is 1.17. The number of esters is 1. The molecule has 7 nitrogen and oxygen atoms in total. The van der Waals surface area contributed by atoms with Gasteiger partial charge in [-0.15, -0.1) is 0 Å². The van der Waals surface area contributed by atoms with E-state index in [1.165, 1.54) is 9.80 Å². The first-order chi connectivity index (χ1) is 17.7. The molecular weight excluding hydrogens is 628 g/mol. The molecular formula is C27H23Br2ClN2O5. The highest BCUT2D eigenvalue weighted by Gasteiger charge is 2.66. The number of benzene rings is 2. The van der Waals surface area contributed by atoms with Crippen LogP contribution in [0.4, 0.5) is 11.4 Å². The van der Waals surface area contributed by atoms with Gasteiger partial charge in [-0.2, -0.15) is 0 Å². The van der Waals surface area contributed by atoms with Gasteiger partial charge in [0.25, 0.3) is 0 Å². The first kappa shape index (κ1) is 25.1. The Labute approximate surface area is 235 Å². The van der Waals surface area contributed by atoms with Gasteiger partial charge in [0, 0.05) is 22.6 Å². The summed E-state index contributed by atoms with van der Waals surface area (Å²) in [6.07, 6.45) is 0.907. The van der Waals surface area contributed by atoms with Crippen molar-refractivity contribution in [1.82, 2.24) is 0 Å². The minimum atomic E-state index is -0.630. The van der Waals surface area contributed by atoms with E-state index >= 15 is 0 Å². The zero-order chi connectivity index (χ0) is 26.2. The molecule has 4 fully saturated rings. The molecule has 2 bridgehead atoms. The Morgan fingerprint density at radius 1 is 0.973 bits per heavy atom. The highest BCUT2D eigenvalue weighted by molar-refractivity contribution is 9.12. The van der Waals surface area contributed by atoms with Crippen molar-refractivity contribution in [2.24, 2.45) is 29.6 Å². The van der Waals surface area contributed by atoms with Crippen LogP contribution in [-0.2, 0) is 19.2 Å². The minimum absolute atomic E-state index is 0.0339. The van der Waals surface area contributed by atoms with Crippen molar-refractivity contribution in [2.45, 2.75) is 29.4 Å². The average Bonchev–Trinajstić information content (AvgIpc) is 3.58. The summed E-state index contributed by atoms with van der Waals surface area (Å²) in [6.45, 7) is 1.97. The van der Waals surface area contributed by atoms with Gasteiger partial charge in [-0.3, -0.25) is 19.2 Å². The molecule has 0 spiro atoms. The van der Waals surface area contributed by atoms with Crippen molar-refractivity contribution < 1.29 is 23.9 Å². The second-order valence-electron chi connectivity index (χ2n) is 10.2. The molecule has 0 unspecified atom stereocenters. The quantitative estimate of drug-likeness (QED) is 0.204. The lowest BCUT2D eigenvalue weighted by Gasteiger charge is -2.28. The summed E-state index contributed by atoms with van der Waals surface area (Å²) >= 11 is 13.7. The van der Waals surface area contributed by atoms with Crippen LogP contribution in [0.3, 0.4) is 0 Å². The Bertz CT molecular complexity index is 1320. The number of aryl methyl sites for hydroxylation is 1. The van der Waals surface area contributed by atoms with Gasteiger partial charge in [-0.1, -0.05) is 55.6 Å². The number of amides is 3. The van der Waals surface area contributed by atoms with E-state index in [4.69, 9.17) is 16.3 Å². The van der Waals surface area contributed by atoms with Crippen molar-refractivity contribution in [2.75, 3.05) is 16.3 Å². The van der Waals surface area contributed by atoms with Crippen LogP contribution in [0.25, 0.3) is 0 Å². The summed E-state index contributed by atoms with van der Waals surface area (Å²) < 4.78 is 5.61. The van der Waals surface area contributed by atoms with Crippen LogP contribution >= 0.6 is 43.5 Å². The van der Waals surface area contributed by atoms with E-state index in [-0.39, 0.29) is 64.0 Å². The van der Waals surface area contributed by atoms with Crippen molar-refractivity contribution in [3.63, 3.8) is 0 Å². The van der Waals surface area contributed by atoms with Gasteiger partial charge in [-0.05, 0) is 61.1 Å². The highest BCUT2D eigenvalue weighted by Crippen LogP contribution is 2.60. The maximum atomic E-state index is 13.4. The van der Waals surface area contributed by atoms with Gasteiger partial charge in [0.15, 0.2) is 0 Å². The number of para-hydroxylation sites is 1. The zero-order valence-corrected chi connectivity index (χ0v) is 23.7. The van der Waals surface area contributed by atoms with E-state index in [0.29, 0.717) is 27.7 Å². The molecule has 2 aliphatic heterocycles. The fourth-order valence-corrected chi connectivity index (χ4v) is 8.61. The fourth-order valence-electron chi connectivity index (χ4n) is 6.50. The molecule has 0 aromatic heterocycles. The second-order valence-corrected chi connectivity index (χ2v) is 12.8. The van der Waals surface area contributed by atoms with Crippen LogP contribution in [0.1, 0.15) is 18.4 Å². The monoisotopic (exact) mass is 648 g/mol. The molecule has 4 aliphatic rings. The number of hydrogen-bond donors (Lipinski definition) is 0. The summed E-state index contributed by atoms with van der Waals surface area (Å²) in [6, 6.07) is 11.9. The predicted molar refractivity (Wildman–Crippen MR) is 145 cm³/mol. The lowest BCUT2D eigenvalue weighted by atomic mass is 9.81. The maximum absolute atomic E-state index is 13.4. The van der Waals surface area contributed by atoms with Gasteiger partial charge < -0.3 is 9.64 Å². The lowest BCUT2D eigenvalue weighted by molar-refractivity contribution is -0.139. The SMILES string of the molecule is Cc1cc(OC(=O)[C@@H]2CC(=O)N(c3ccccc3Cl)C2)ccc1N1C(=O)[C@@H]2[C@H]3C[C@@H]([C@H](Br)[C@@H]3Br)[C@@H]2C1=O. The fraction of sp³-hybridized carbons (Fsp3) is 0.407. The number of rotatable bonds is 4. The number of nitrogens with zero attached hydrogens (tertiary/aromatic N) is 2. The predicted octanol–water partition coefficient (Wildman–Crippen LogP) is 4.89. The summed E-state index contributed by atoms with van der Waals surface area (Å²) in [5.74, 6) is -1.65. The van der Waals surface area contributed by atoms with Gasteiger partial charge in [0.05, 0.1) is 34.2 Å². The molecule has 2 aromatic rings. The molecule has 10 heteroatoms. The van der Waals surface area contributed by atoms with Crippen LogP contribution < -0.4 is 14.5 Å². The van der Waals surface area contributed by atoms with E-state index in [1.54, 1.807) is 49.4 Å². The number of hydrogen-bond acceptors (Lipinski definition) is 5. The smallest absolute Gasteiger partial charge is 0.316 e. The van der Waals surface area contributed by atoms with E-state index in [0.717, 1.165) is 6.42 Å². The molecule has 37 heavy (non-hydrogen) atoms. The van der Waals surface area contributed by atoms with Crippen LogP contribution in [0.5, 0.6) is 5.75 Å². The molecule has 2 aromatic carbocycles.